The summed E-state index contributed by atoms with van der Waals surface area (Å²) in [7, 11) is 0. The van der Waals surface area contributed by atoms with Crippen molar-refractivity contribution in [2.45, 2.75) is 52.7 Å². The van der Waals surface area contributed by atoms with Crippen LogP contribution in [0.4, 0.5) is 0 Å². The number of hydrogen-bond acceptors (Lipinski definition) is 3. The first-order valence-corrected chi connectivity index (χ1v) is 8.40. The maximum Gasteiger partial charge on any atom is 0.241 e. The lowest BCUT2D eigenvalue weighted by Crippen LogP contribution is -2.39. The van der Waals surface area contributed by atoms with Crippen molar-refractivity contribution in [2.24, 2.45) is 11.8 Å². The fraction of sp³-hybridized carbons (Fsp3) is 0.929. The molecule has 0 spiro atoms. The average molecular weight is 272 g/mol. The van der Waals surface area contributed by atoms with Gasteiger partial charge in [0.1, 0.15) is 0 Å². The highest BCUT2D eigenvalue weighted by Gasteiger charge is 2.38. The van der Waals surface area contributed by atoms with Crippen molar-refractivity contribution in [3.63, 3.8) is 0 Å². The molecule has 1 amide bonds. The van der Waals surface area contributed by atoms with Crippen LogP contribution in [-0.4, -0.2) is 41.6 Å². The normalized spacial score (nSPS) is 24.6. The number of thioether (sulfide) groups is 1. The summed E-state index contributed by atoms with van der Waals surface area (Å²) in [6.07, 6.45) is 4.34. The molecule has 106 valence electrons. The van der Waals surface area contributed by atoms with Crippen LogP contribution >= 0.6 is 11.8 Å². The highest BCUT2D eigenvalue weighted by atomic mass is 32.2. The maximum absolute atomic E-state index is 12.4. The van der Waals surface area contributed by atoms with Gasteiger partial charge in [-0.2, -0.15) is 11.8 Å². The van der Waals surface area contributed by atoms with Gasteiger partial charge in [0.05, 0.1) is 12.2 Å². The molecule has 0 aromatic carbocycles. The molecule has 0 bridgehead atoms. The molecule has 4 heteroatoms. The Morgan fingerprint density at radius 1 is 1.22 bits per heavy atom. The van der Waals surface area contributed by atoms with Crippen LogP contribution in [0.25, 0.3) is 0 Å². The molecule has 2 atom stereocenters. The van der Waals surface area contributed by atoms with Crippen molar-refractivity contribution in [2.75, 3.05) is 18.6 Å². The topological polar surface area (TPSA) is 32.3 Å². The number of nitrogens with one attached hydrogen (secondary N) is 1. The third-order valence-electron chi connectivity index (χ3n) is 3.29. The van der Waals surface area contributed by atoms with Crippen molar-refractivity contribution < 1.29 is 4.79 Å². The summed E-state index contributed by atoms with van der Waals surface area (Å²) in [4.78, 5) is 14.5. The van der Waals surface area contributed by atoms with Gasteiger partial charge in [0.15, 0.2) is 0 Å². The fourth-order valence-electron chi connectivity index (χ4n) is 2.48. The Labute approximate surface area is 116 Å². The van der Waals surface area contributed by atoms with Gasteiger partial charge in [-0.05, 0) is 30.9 Å². The molecule has 3 nitrogen and oxygen atoms in total. The average Bonchev–Trinajstić information content (AvgIpc) is 2.51. The van der Waals surface area contributed by atoms with Crippen LogP contribution in [0, 0.1) is 11.8 Å². The Hall–Kier alpha value is -0.220. The van der Waals surface area contributed by atoms with E-state index >= 15 is 0 Å². The molecule has 1 heterocycles. The quantitative estimate of drug-likeness (QED) is 0.773. The number of hydrogen-bond donors (Lipinski definition) is 1. The summed E-state index contributed by atoms with van der Waals surface area (Å²) in [5, 5.41) is 3.53. The van der Waals surface area contributed by atoms with Gasteiger partial charge in [-0.15, -0.1) is 0 Å². The Morgan fingerprint density at radius 3 is 2.33 bits per heavy atom. The minimum atomic E-state index is 0.0376. The number of carbonyl (C=O) groups excluding carboxylic acids is 1. The molecule has 0 radical (unpaired) electrons. The van der Waals surface area contributed by atoms with Gasteiger partial charge in [-0.1, -0.05) is 27.7 Å². The Balaban J connectivity index is 2.65. The molecule has 0 aliphatic carbocycles. The summed E-state index contributed by atoms with van der Waals surface area (Å²) in [5.41, 5.74) is 0. The molecule has 1 fully saturated rings. The van der Waals surface area contributed by atoms with Crippen molar-refractivity contribution in [1.82, 2.24) is 10.2 Å². The molecule has 0 aromatic rings. The van der Waals surface area contributed by atoms with Crippen LogP contribution in [0.15, 0.2) is 0 Å². The second-order valence-corrected chi connectivity index (χ2v) is 7.00. The second kappa shape index (κ2) is 7.39. The third kappa shape index (κ3) is 4.47. The first-order chi connectivity index (χ1) is 8.45. The highest BCUT2D eigenvalue weighted by Crippen LogP contribution is 2.21. The zero-order chi connectivity index (χ0) is 13.7. The Bertz CT molecular complexity index is 269. The number of carbonyl (C=O) groups is 1. The van der Waals surface area contributed by atoms with Crippen molar-refractivity contribution in [1.29, 1.82) is 0 Å². The lowest BCUT2D eigenvalue weighted by atomic mass is 10.0. The largest absolute Gasteiger partial charge is 0.325 e. The highest BCUT2D eigenvalue weighted by molar-refractivity contribution is 7.98. The molecular weight excluding hydrogens is 244 g/mol. The van der Waals surface area contributed by atoms with Crippen LogP contribution in [0.3, 0.4) is 0 Å². The zero-order valence-electron chi connectivity index (χ0n) is 12.4. The van der Waals surface area contributed by atoms with Gasteiger partial charge in [0.25, 0.3) is 0 Å². The molecule has 1 saturated heterocycles. The van der Waals surface area contributed by atoms with E-state index in [0.29, 0.717) is 17.7 Å². The predicted molar refractivity (Wildman–Crippen MR) is 79.7 cm³/mol. The predicted octanol–water partition coefficient (Wildman–Crippen LogP) is 2.57. The van der Waals surface area contributed by atoms with E-state index in [-0.39, 0.29) is 12.2 Å². The molecule has 1 aliphatic rings. The molecule has 1 rings (SSSR count). The van der Waals surface area contributed by atoms with E-state index in [1.807, 2.05) is 0 Å². The summed E-state index contributed by atoms with van der Waals surface area (Å²) >= 11 is 1.80. The molecule has 1 N–H and O–H groups in total. The lowest BCUT2D eigenvalue weighted by Gasteiger charge is -2.25. The first kappa shape index (κ1) is 15.8. The van der Waals surface area contributed by atoms with E-state index in [4.69, 9.17) is 0 Å². The van der Waals surface area contributed by atoms with Gasteiger partial charge in [0.2, 0.25) is 5.91 Å². The molecule has 18 heavy (non-hydrogen) atoms. The number of nitrogens with zero attached hydrogens (tertiary/aromatic N) is 1. The first-order valence-electron chi connectivity index (χ1n) is 7.01. The van der Waals surface area contributed by atoms with Crippen LogP contribution in [0.1, 0.15) is 40.5 Å². The van der Waals surface area contributed by atoms with E-state index in [2.05, 4.69) is 44.2 Å². The van der Waals surface area contributed by atoms with Gasteiger partial charge >= 0.3 is 0 Å². The summed E-state index contributed by atoms with van der Waals surface area (Å²) in [6, 6.07) is 0.0376. The smallest absolute Gasteiger partial charge is 0.241 e. The molecular formula is C14H28N2OS. The minimum Gasteiger partial charge on any atom is -0.325 e. The SMILES string of the molecule is CSCCN1C(=O)C(CC(C)C)NC1CC(C)C. The van der Waals surface area contributed by atoms with E-state index in [9.17, 15) is 4.79 Å². The second-order valence-electron chi connectivity index (χ2n) is 6.02. The molecule has 2 unspecified atom stereocenters. The molecule has 0 saturated carbocycles. The van der Waals surface area contributed by atoms with Crippen molar-refractivity contribution in [3.05, 3.63) is 0 Å². The van der Waals surface area contributed by atoms with Crippen LogP contribution < -0.4 is 5.32 Å². The third-order valence-corrected chi connectivity index (χ3v) is 3.88. The zero-order valence-corrected chi connectivity index (χ0v) is 13.2. The van der Waals surface area contributed by atoms with Gasteiger partial charge in [-0.25, -0.2) is 0 Å². The summed E-state index contributed by atoms with van der Waals surface area (Å²) in [5.74, 6) is 2.51. The van der Waals surface area contributed by atoms with Crippen LogP contribution in [0.5, 0.6) is 0 Å². The van der Waals surface area contributed by atoms with Gasteiger partial charge in [0, 0.05) is 12.3 Å². The summed E-state index contributed by atoms with van der Waals surface area (Å²) < 4.78 is 0. The molecule has 0 aromatic heterocycles. The van der Waals surface area contributed by atoms with E-state index in [1.165, 1.54) is 0 Å². The Kier molecular flexibility index (Phi) is 6.50. The monoisotopic (exact) mass is 272 g/mol. The van der Waals surface area contributed by atoms with Crippen molar-refractivity contribution >= 4 is 17.7 Å². The van der Waals surface area contributed by atoms with Crippen LogP contribution in [-0.2, 0) is 4.79 Å². The van der Waals surface area contributed by atoms with E-state index < -0.39 is 0 Å². The lowest BCUT2D eigenvalue weighted by molar-refractivity contribution is -0.130. The fourth-order valence-corrected chi connectivity index (χ4v) is 2.86. The van der Waals surface area contributed by atoms with Crippen LogP contribution in [0.2, 0.25) is 0 Å². The number of amides is 1. The van der Waals surface area contributed by atoms with E-state index in [0.717, 1.165) is 25.1 Å². The van der Waals surface area contributed by atoms with Gasteiger partial charge < -0.3 is 4.90 Å². The minimum absolute atomic E-state index is 0.0376. The standard InChI is InChI=1S/C14H28N2OS/c1-10(2)8-12-14(17)16(6-7-18-5)13(15-12)9-11(3)4/h10-13,15H,6-9H2,1-5H3. The van der Waals surface area contributed by atoms with Crippen molar-refractivity contribution in [3.8, 4) is 0 Å². The van der Waals surface area contributed by atoms with Gasteiger partial charge in [-0.3, -0.25) is 10.1 Å². The summed E-state index contributed by atoms with van der Waals surface area (Å²) in [6.45, 7) is 9.66. The maximum atomic E-state index is 12.4. The molecule has 1 aliphatic heterocycles. The Morgan fingerprint density at radius 2 is 1.83 bits per heavy atom. The number of rotatable bonds is 7. The van der Waals surface area contributed by atoms with E-state index in [1.54, 1.807) is 11.8 Å².